The van der Waals surface area contributed by atoms with Gasteiger partial charge in [-0.3, -0.25) is 0 Å². The predicted octanol–water partition coefficient (Wildman–Crippen LogP) is 3.95. The number of nitrogens with zero attached hydrogens (tertiary/aromatic N) is 2. The number of nitrogens with two attached hydrogens (primary N) is 1. The molecule has 1 aliphatic rings. The molecule has 0 spiro atoms. The summed E-state index contributed by atoms with van der Waals surface area (Å²) in [7, 11) is 0. The van der Waals surface area contributed by atoms with Crippen molar-refractivity contribution in [3.05, 3.63) is 54.1 Å². The molecule has 1 aliphatic heterocycles. The number of benzene rings is 2. The Morgan fingerprint density at radius 1 is 1.00 bits per heavy atom. The topological polar surface area (TPSA) is 41.7 Å². The second-order valence-electron chi connectivity index (χ2n) is 6.15. The Labute approximate surface area is 152 Å². The molecule has 0 aliphatic carbocycles. The number of aryl methyl sites for hydroxylation is 1. The third-order valence-corrected chi connectivity index (χ3v) is 4.51. The molecule has 0 saturated carbocycles. The first-order valence-corrected chi connectivity index (χ1v) is 9.14. The summed E-state index contributed by atoms with van der Waals surface area (Å²) in [5.74, 6) is 0. The van der Waals surface area contributed by atoms with E-state index in [0.29, 0.717) is 0 Å². The van der Waals surface area contributed by atoms with Gasteiger partial charge in [-0.2, -0.15) is 0 Å². The lowest BCUT2D eigenvalue weighted by Crippen LogP contribution is -2.36. The van der Waals surface area contributed by atoms with Gasteiger partial charge >= 0.3 is 0 Å². The Morgan fingerprint density at radius 3 is 2.20 bits per heavy atom. The molecule has 0 atom stereocenters. The fourth-order valence-corrected chi connectivity index (χ4v) is 2.91. The molecule has 4 nitrogen and oxygen atoms in total. The van der Waals surface area contributed by atoms with Crippen molar-refractivity contribution in [2.24, 2.45) is 0 Å². The van der Waals surface area contributed by atoms with Crippen molar-refractivity contribution in [3.8, 4) is 0 Å². The number of ether oxygens (including phenoxy) is 1. The highest BCUT2D eigenvalue weighted by Crippen LogP contribution is 2.21. The molecule has 0 unspecified atom stereocenters. The van der Waals surface area contributed by atoms with E-state index in [1.165, 1.54) is 11.4 Å². The molecule has 0 radical (unpaired) electrons. The highest BCUT2D eigenvalue weighted by atomic mass is 16.5. The molecule has 2 aromatic carbocycles. The summed E-state index contributed by atoms with van der Waals surface area (Å²) in [6, 6.07) is 16.7. The molecule has 136 valence electrons. The quantitative estimate of drug-likeness (QED) is 0.855. The highest BCUT2D eigenvalue weighted by molar-refractivity contribution is 5.58. The molecule has 25 heavy (non-hydrogen) atoms. The number of rotatable bonds is 4. The number of hydrogen-bond acceptors (Lipinski definition) is 4. The summed E-state index contributed by atoms with van der Waals surface area (Å²) in [5.41, 5.74) is 10.4. The summed E-state index contributed by atoms with van der Waals surface area (Å²) in [6.07, 6.45) is 0. The molecule has 2 aromatic rings. The van der Waals surface area contributed by atoms with Crippen LogP contribution in [0.15, 0.2) is 48.5 Å². The average Bonchev–Trinajstić information content (AvgIpc) is 2.67. The standard InChI is InChI=1S/C11H16N2O.C10H15N/c1-9-8-10(2-3-11(9)12)13-4-6-14-7-5-13;1-3-11(4-2)10-8-6-5-7-9-10/h2-3,8H,4-7,12H2,1H3;5-9H,3-4H2,1-2H3. The van der Waals surface area contributed by atoms with Gasteiger partial charge < -0.3 is 20.3 Å². The minimum Gasteiger partial charge on any atom is -0.399 e. The van der Waals surface area contributed by atoms with Crippen molar-refractivity contribution in [3.63, 3.8) is 0 Å². The third kappa shape index (κ3) is 5.68. The van der Waals surface area contributed by atoms with Crippen LogP contribution in [0.5, 0.6) is 0 Å². The lowest BCUT2D eigenvalue weighted by molar-refractivity contribution is 0.122. The normalized spacial score (nSPS) is 13.8. The molecule has 0 bridgehead atoms. The van der Waals surface area contributed by atoms with Gasteiger partial charge in [-0.25, -0.2) is 0 Å². The van der Waals surface area contributed by atoms with Gasteiger partial charge in [0.1, 0.15) is 0 Å². The lowest BCUT2D eigenvalue weighted by atomic mass is 10.1. The van der Waals surface area contributed by atoms with Crippen molar-refractivity contribution < 1.29 is 4.74 Å². The van der Waals surface area contributed by atoms with Crippen LogP contribution < -0.4 is 15.5 Å². The first kappa shape index (κ1) is 19.1. The monoisotopic (exact) mass is 341 g/mol. The van der Waals surface area contributed by atoms with E-state index in [9.17, 15) is 0 Å². The molecule has 1 heterocycles. The summed E-state index contributed by atoms with van der Waals surface area (Å²) < 4.78 is 5.31. The second kappa shape index (κ2) is 9.94. The fourth-order valence-electron chi connectivity index (χ4n) is 2.91. The van der Waals surface area contributed by atoms with E-state index >= 15 is 0 Å². The van der Waals surface area contributed by atoms with Gasteiger partial charge in [0.2, 0.25) is 0 Å². The molecule has 2 N–H and O–H groups in total. The van der Waals surface area contributed by atoms with Gasteiger partial charge in [-0.15, -0.1) is 0 Å². The number of anilines is 3. The zero-order chi connectivity index (χ0) is 18.1. The van der Waals surface area contributed by atoms with Crippen LogP contribution >= 0.6 is 0 Å². The van der Waals surface area contributed by atoms with E-state index in [1.807, 2.05) is 19.1 Å². The summed E-state index contributed by atoms with van der Waals surface area (Å²) >= 11 is 0. The maximum absolute atomic E-state index is 5.78. The van der Waals surface area contributed by atoms with E-state index in [-0.39, 0.29) is 0 Å². The minimum absolute atomic E-state index is 0.823. The largest absolute Gasteiger partial charge is 0.399 e. The second-order valence-corrected chi connectivity index (χ2v) is 6.15. The minimum atomic E-state index is 0.823. The average molecular weight is 341 g/mol. The SMILES string of the molecule is CCN(CC)c1ccccc1.Cc1cc(N2CCOCC2)ccc1N. The Morgan fingerprint density at radius 2 is 1.64 bits per heavy atom. The lowest BCUT2D eigenvalue weighted by Gasteiger charge is -2.29. The molecule has 0 amide bonds. The molecular weight excluding hydrogens is 310 g/mol. The molecule has 1 fully saturated rings. The summed E-state index contributed by atoms with van der Waals surface area (Å²) in [5, 5.41) is 0. The van der Waals surface area contributed by atoms with Crippen molar-refractivity contribution in [1.82, 2.24) is 0 Å². The third-order valence-electron chi connectivity index (χ3n) is 4.51. The van der Waals surface area contributed by atoms with Crippen LogP contribution in [0.25, 0.3) is 0 Å². The van der Waals surface area contributed by atoms with Crippen LogP contribution in [-0.4, -0.2) is 39.4 Å². The Balaban J connectivity index is 0.000000186. The summed E-state index contributed by atoms with van der Waals surface area (Å²) in [4.78, 5) is 4.66. The van der Waals surface area contributed by atoms with E-state index in [4.69, 9.17) is 10.5 Å². The van der Waals surface area contributed by atoms with Crippen LogP contribution in [0.4, 0.5) is 17.1 Å². The Bertz CT molecular complexity index is 620. The van der Waals surface area contributed by atoms with Crippen LogP contribution in [0.3, 0.4) is 0 Å². The zero-order valence-corrected chi connectivity index (χ0v) is 15.7. The van der Waals surface area contributed by atoms with Gasteiger partial charge in [0.05, 0.1) is 13.2 Å². The number of para-hydroxylation sites is 1. The molecule has 4 heteroatoms. The number of morpholine rings is 1. The molecule has 3 rings (SSSR count). The van der Waals surface area contributed by atoms with Crippen LogP contribution in [0.2, 0.25) is 0 Å². The van der Waals surface area contributed by atoms with Crippen molar-refractivity contribution >= 4 is 17.1 Å². The van der Waals surface area contributed by atoms with Crippen molar-refractivity contribution in [2.75, 3.05) is 54.9 Å². The maximum Gasteiger partial charge on any atom is 0.0642 e. The van der Waals surface area contributed by atoms with E-state index in [2.05, 4.69) is 60.0 Å². The van der Waals surface area contributed by atoms with Gasteiger partial charge in [-0.1, -0.05) is 18.2 Å². The Hall–Kier alpha value is -2.20. The number of nitrogen functional groups attached to an aromatic ring is 1. The molecule has 1 saturated heterocycles. The first-order valence-electron chi connectivity index (χ1n) is 9.14. The van der Waals surface area contributed by atoms with Crippen molar-refractivity contribution in [2.45, 2.75) is 20.8 Å². The van der Waals surface area contributed by atoms with Crippen LogP contribution in [0.1, 0.15) is 19.4 Å². The maximum atomic E-state index is 5.78. The molecule has 0 aromatic heterocycles. The van der Waals surface area contributed by atoms with Gasteiger partial charge in [-0.05, 0) is 56.7 Å². The van der Waals surface area contributed by atoms with Gasteiger partial charge in [0.25, 0.3) is 0 Å². The molecular formula is C21H31N3O. The smallest absolute Gasteiger partial charge is 0.0642 e. The number of hydrogen-bond donors (Lipinski definition) is 1. The predicted molar refractivity (Wildman–Crippen MR) is 109 cm³/mol. The van der Waals surface area contributed by atoms with E-state index < -0.39 is 0 Å². The van der Waals surface area contributed by atoms with Crippen molar-refractivity contribution in [1.29, 1.82) is 0 Å². The summed E-state index contributed by atoms with van der Waals surface area (Å²) in [6.45, 7) is 12.2. The van der Waals surface area contributed by atoms with Gasteiger partial charge in [0, 0.05) is 43.2 Å². The van der Waals surface area contributed by atoms with E-state index in [1.54, 1.807) is 0 Å². The van der Waals surface area contributed by atoms with Gasteiger partial charge in [0.15, 0.2) is 0 Å². The fraction of sp³-hybridized carbons (Fsp3) is 0.429. The van der Waals surface area contributed by atoms with E-state index in [0.717, 1.165) is 50.6 Å². The Kier molecular flexibility index (Phi) is 7.61. The first-order chi connectivity index (χ1) is 12.2. The zero-order valence-electron chi connectivity index (χ0n) is 15.7. The highest BCUT2D eigenvalue weighted by Gasteiger charge is 2.11. The van der Waals surface area contributed by atoms with Crippen LogP contribution in [0, 0.1) is 6.92 Å². The van der Waals surface area contributed by atoms with Crippen LogP contribution in [-0.2, 0) is 4.74 Å².